The lowest BCUT2D eigenvalue weighted by molar-refractivity contribution is 0.0430. The van der Waals surface area contributed by atoms with E-state index in [1.807, 2.05) is 0 Å². The van der Waals surface area contributed by atoms with Crippen molar-refractivity contribution >= 4 is 0 Å². The fourth-order valence-corrected chi connectivity index (χ4v) is 3.36. The summed E-state index contributed by atoms with van der Waals surface area (Å²) in [6.45, 7) is 7.24. The molecule has 1 N–H and O–H groups in total. The van der Waals surface area contributed by atoms with Gasteiger partial charge in [0.25, 0.3) is 0 Å². The molecule has 96 valence electrons. The summed E-state index contributed by atoms with van der Waals surface area (Å²) in [5, 5.41) is 9.65. The van der Waals surface area contributed by atoms with Gasteiger partial charge in [-0.05, 0) is 49.4 Å². The van der Waals surface area contributed by atoms with E-state index in [2.05, 4.69) is 20.8 Å². The summed E-state index contributed by atoms with van der Waals surface area (Å²) in [6.07, 6.45) is 10.6. The van der Waals surface area contributed by atoms with E-state index in [9.17, 15) is 5.11 Å². The molecule has 0 aromatic carbocycles. The lowest BCUT2D eigenvalue weighted by Crippen LogP contribution is -2.32. The molecule has 1 heteroatoms. The molecule has 0 heterocycles. The van der Waals surface area contributed by atoms with Gasteiger partial charge >= 0.3 is 0 Å². The van der Waals surface area contributed by atoms with Crippen molar-refractivity contribution in [3.8, 4) is 0 Å². The predicted octanol–water partition coefficient (Wildman–Crippen LogP) is 4.39. The molecule has 1 rings (SSSR count). The Hall–Kier alpha value is -0.0400. The zero-order valence-corrected chi connectivity index (χ0v) is 11.5. The van der Waals surface area contributed by atoms with E-state index in [4.69, 9.17) is 0 Å². The SMILES string of the molecule is CCCCC1CCC(CO)(CC(C)C)CC1. The number of rotatable bonds is 6. The quantitative estimate of drug-likeness (QED) is 0.712. The Morgan fingerprint density at radius 1 is 1.25 bits per heavy atom. The van der Waals surface area contributed by atoms with E-state index in [1.165, 1.54) is 51.4 Å². The molecule has 0 unspecified atom stereocenters. The van der Waals surface area contributed by atoms with Gasteiger partial charge in [0, 0.05) is 6.61 Å². The molecule has 16 heavy (non-hydrogen) atoms. The topological polar surface area (TPSA) is 20.2 Å². The van der Waals surface area contributed by atoms with Gasteiger partial charge < -0.3 is 5.11 Å². The largest absolute Gasteiger partial charge is 0.396 e. The molecule has 1 aliphatic carbocycles. The monoisotopic (exact) mass is 226 g/mol. The molecule has 0 aromatic rings. The molecule has 1 saturated carbocycles. The molecule has 0 aliphatic heterocycles. The molecular weight excluding hydrogens is 196 g/mol. The Balaban J connectivity index is 2.37. The molecule has 0 saturated heterocycles. The number of aliphatic hydroxyl groups is 1. The van der Waals surface area contributed by atoms with Crippen LogP contribution in [-0.4, -0.2) is 11.7 Å². The second-order valence-corrected chi connectivity index (χ2v) is 6.34. The zero-order chi connectivity index (χ0) is 12.0. The van der Waals surface area contributed by atoms with Crippen LogP contribution in [0.3, 0.4) is 0 Å². The lowest BCUT2D eigenvalue weighted by atomic mass is 9.66. The van der Waals surface area contributed by atoms with Crippen molar-refractivity contribution < 1.29 is 5.11 Å². The van der Waals surface area contributed by atoms with Crippen LogP contribution in [0, 0.1) is 17.3 Å². The highest BCUT2D eigenvalue weighted by Gasteiger charge is 2.34. The van der Waals surface area contributed by atoms with Crippen LogP contribution in [0.4, 0.5) is 0 Å². The van der Waals surface area contributed by atoms with Crippen LogP contribution < -0.4 is 0 Å². The highest BCUT2D eigenvalue weighted by atomic mass is 16.3. The summed E-state index contributed by atoms with van der Waals surface area (Å²) in [5.74, 6) is 1.67. The van der Waals surface area contributed by atoms with Crippen LogP contribution in [0.1, 0.15) is 72.1 Å². The Bertz CT molecular complexity index is 178. The van der Waals surface area contributed by atoms with E-state index in [0.717, 1.165) is 11.8 Å². The average Bonchev–Trinajstić information content (AvgIpc) is 2.27. The summed E-state index contributed by atoms with van der Waals surface area (Å²) in [5.41, 5.74) is 0.275. The third-order valence-corrected chi connectivity index (χ3v) is 4.31. The Labute approximate surface area is 102 Å². The lowest BCUT2D eigenvalue weighted by Gasteiger charge is -2.40. The molecule has 1 nitrogen and oxygen atoms in total. The van der Waals surface area contributed by atoms with Crippen molar-refractivity contribution in [2.75, 3.05) is 6.61 Å². The van der Waals surface area contributed by atoms with E-state index in [-0.39, 0.29) is 5.41 Å². The second-order valence-electron chi connectivity index (χ2n) is 6.34. The van der Waals surface area contributed by atoms with E-state index >= 15 is 0 Å². The third-order valence-electron chi connectivity index (χ3n) is 4.31. The first kappa shape index (κ1) is 14.0. The van der Waals surface area contributed by atoms with Crippen LogP contribution in [0.5, 0.6) is 0 Å². The van der Waals surface area contributed by atoms with E-state index in [1.54, 1.807) is 0 Å². The highest BCUT2D eigenvalue weighted by Crippen LogP contribution is 2.44. The molecule has 0 radical (unpaired) electrons. The summed E-state index contributed by atoms with van der Waals surface area (Å²) in [7, 11) is 0. The van der Waals surface area contributed by atoms with Crippen LogP contribution in [0.25, 0.3) is 0 Å². The number of hydrogen-bond donors (Lipinski definition) is 1. The van der Waals surface area contributed by atoms with Gasteiger partial charge in [-0.3, -0.25) is 0 Å². The summed E-state index contributed by atoms with van der Waals surface area (Å²) < 4.78 is 0. The summed E-state index contributed by atoms with van der Waals surface area (Å²) in [6, 6.07) is 0. The maximum atomic E-state index is 9.65. The Kier molecular flexibility index (Phi) is 5.82. The van der Waals surface area contributed by atoms with E-state index in [0.29, 0.717) is 6.61 Å². The summed E-state index contributed by atoms with van der Waals surface area (Å²) in [4.78, 5) is 0. The minimum atomic E-state index is 0.275. The first-order valence-electron chi connectivity index (χ1n) is 7.23. The minimum Gasteiger partial charge on any atom is -0.396 e. The van der Waals surface area contributed by atoms with Crippen molar-refractivity contribution in [1.82, 2.24) is 0 Å². The molecule has 1 aliphatic rings. The number of unbranched alkanes of at least 4 members (excludes halogenated alkanes) is 1. The molecule has 0 atom stereocenters. The van der Waals surface area contributed by atoms with Crippen molar-refractivity contribution in [3.05, 3.63) is 0 Å². The Morgan fingerprint density at radius 2 is 1.88 bits per heavy atom. The van der Waals surface area contributed by atoms with E-state index < -0.39 is 0 Å². The third kappa shape index (κ3) is 4.08. The van der Waals surface area contributed by atoms with Crippen LogP contribution >= 0.6 is 0 Å². The van der Waals surface area contributed by atoms with Crippen LogP contribution in [-0.2, 0) is 0 Å². The van der Waals surface area contributed by atoms with Gasteiger partial charge in [0.05, 0.1) is 0 Å². The van der Waals surface area contributed by atoms with Gasteiger partial charge in [-0.1, -0.05) is 40.0 Å². The van der Waals surface area contributed by atoms with Crippen LogP contribution in [0.2, 0.25) is 0 Å². The maximum absolute atomic E-state index is 9.65. The summed E-state index contributed by atoms with van der Waals surface area (Å²) >= 11 is 0. The Morgan fingerprint density at radius 3 is 2.31 bits per heavy atom. The van der Waals surface area contributed by atoms with Crippen molar-refractivity contribution in [3.63, 3.8) is 0 Å². The van der Waals surface area contributed by atoms with Gasteiger partial charge in [-0.25, -0.2) is 0 Å². The average molecular weight is 226 g/mol. The maximum Gasteiger partial charge on any atom is 0.0487 e. The fraction of sp³-hybridized carbons (Fsp3) is 1.00. The molecule has 0 amide bonds. The molecule has 0 aromatic heterocycles. The fourth-order valence-electron chi connectivity index (χ4n) is 3.36. The van der Waals surface area contributed by atoms with Gasteiger partial charge in [0.1, 0.15) is 0 Å². The first-order chi connectivity index (χ1) is 7.62. The first-order valence-corrected chi connectivity index (χ1v) is 7.23. The molecule has 1 fully saturated rings. The predicted molar refractivity (Wildman–Crippen MR) is 70.5 cm³/mol. The number of aliphatic hydroxyl groups excluding tert-OH is 1. The molecule has 0 bridgehead atoms. The van der Waals surface area contributed by atoms with Gasteiger partial charge in [0.15, 0.2) is 0 Å². The number of hydrogen-bond acceptors (Lipinski definition) is 1. The highest BCUT2D eigenvalue weighted by molar-refractivity contribution is 4.86. The van der Waals surface area contributed by atoms with Crippen molar-refractivity contribution in [2.45, 2.75) is 72.1 Å². The zero-order valence-electron chi connectivity index (χ0n) is 11.5. The van der Waals surface area contributed by atoms with Crippen molar-refractivity contribution in [2.24, 2.45) is 17.3 Å². The normalized spacial score (nSPS) is 30.9. The molecule has 0 spiro atoms. The van der Waals surface area contributed by atoms with Crippen LogP contribution in [0.15, 0.2) is 0 Å². The smallest absolute Gasteiger partial charge is 0.0487 e. The van der Waals surface area contributed by atoms with Gasteiger partial charge in [-0.2, -0.15) is 0 Å². The second kappa shape index (κ2) is 6.64. The van der Waals surface area contributed by atoms with Crippen molar-refractivity contribution in [1.29, 1.82) is 0 Å². The minimum absolute atomic E-state index is 0.275. The molecular formula is C15H30O. The van der Waals surface area contributed by atoms with Gasteiger partial charge in [-0.15, -0.1) is 0 Å². The standard InChI is InChI=1S/C15H30O/c1-4-5-6-14-7-9-15(12-16,10-8-14)11-13(2)3/h13-14,16H,4-12H2,1-3H3. The van der Waals surface area contributed by atoms with Gasteiger partial charge in [0.2, 0.25) is 0 Å².